The maximum atomic E-state index is 12.7. The summed E-state index contributed by atoms with van der Waals surface area (Å²) in [6.45, 7) is 7.19. The van der Waals surface area contributed by atoms with E-state index >= 15 is 0 Å². The van der Waals surface area contributed by atoms with E-state index < -0.39 is 0 Å². The van der Waals surface area contributed by atoms with Crippen molar-refractivity contribution in [2.45, 2.75) is 27.4 Å². The van der Waals surface area contributed by atoms with Gasteiger partial charge in [0.25, 0.3) is 5.91 Å². The van der Waals surface area contributed by atoms with E-state index in [2.05, 4.69) is 50.7 Å². The van der Waals surface area contributed by atoms with Crippen molar-refractivity contribution in [2.24, 2.45) is 4.99 Å². The average molecular weight is 603 g/mol. The highest BCUT2D eigenvalue weighted by atomic mass is 79.9. The average Bonchev–Trinajstić information content (AvgIpc) is 3.42. The topological polar surface area (TPSA) is 64.8 Å². The van der Waals surface area contributed by atoms with Gasteiger partial charge in [-0.25, -0.2) is 4.99 Å². The lowest BCUT2D eigenvalue weighted by atomic mass is 10.2. The van der Waals surface area contributed by atoms with Gasteiger partial charge < -0.3 is 19.4 Å². The van der Waals surface area contributed by atoms with Gasteiger partial charge in [-0.15, -0.1) is 0 Å². The van der Waals surface area contributed by atoms with Gasteiger partial charge in [0.05, 0.1) is 17.2 Å². The van der Waals surface area contributed by atoms with Crippen LogP contribution in [0.4, 0.5) is 5.69 Å². The predicted molar refractivity (Wildman–Crippen MR) is 162 cm³/mol. The summed E-state index contributed by atoms with van der Waals surface area (Å²) >= 11 is 4.80. The molecule has 2 heterocycles. The first-order chi connectivity index (χ1) is 18.9. The third-order valence-corrected chi connectivity index (χ3v) is 7.64. The molecule has 5 rings (SSSR count). The fourth-order valence-electron chi connectivity index (χ4n) is 4.29. The highest BCUT2D eigenvalue weighted by Gasteiger charge is 2.24. The SMILES string of the molecule is CCOc1ccc(N=C2NC(=O)/C(=C/c3cc(C)n(-c4ccc(OCc5ccc(Br)cc5)cc4)c3C)S2)cc1. The molecule has 0 aliphatic carbocycles. The lowest BCUT2D eigenvalue weighted by Crippen LogP contribution is -2.19. The first-order valence-electron chi connectivity index (χ1n) is 12.6. The zero-order valence-electron chi connectivity index (χ0n) is 21.9. The van der Waals surface area contributed by atoms with Gasteiger partial charge in [-0.2, -0.15) is 0 Å². The Kier molecular flexibility index (Phi) is 8.24. The molecule has 0 atom stereocenters. The molecule has 0 radical (unpaired) electrons. The number of carbonyl (C=O) groups is 1. The predicted octanol–water partition coefficient (Wildman–Crippen LogP) is 7.73. The Morgan fingerprint density at radius 2 is 1.62 bits per heavy atom. The van der Waals surface area contributed by atoms with Gasteiger partial charge in [-0.1, -0.05) is 28.1 Å². The van der Waals surface area contributed by atoms with Crippen molar-refractivity contribution in [3.05, 3.63) is 111 Å². The zero-order chi connectivity index (χ0) is 27.4. The molecule has 0 spiro atoms. The second kappa shape index (κ2) is 12.0. The Labute approximate surface area is 240 Å². The summed E-state index contributed by atoms with van der Waals surface area (Å²) in [5.74, 6) is 1.45. The van der Waals surface area contributed by atoms with Crippen LogP contribution >= 0.6 is 27.7 Å². The van der Waals surface area contributed by atoms with Crippen molar-refractivity contribution in [3.63, 3.8) is 0 Å². The van der Waals surface area contributed by atoms with Crippen LogP contribution in [-0.4, -0.2) is 22.2 Å². The Balaban J connectivity index is 1.29. The van der Waals surface area contributed by atoms with Crippen LogP contribution in [0.3, 0.4) is 0 Å². The molecule has 1 saturated heterocycles. The molecular weight excluding hydrogens is 574 g/mol. The minimum Gasteiger partial charge on any atom is -0.494 e. The smallest absolute Gasteiger partial charge is 0.264 e. The Hall–Kier alpha value is -3.75. The van der Waals surface area contributed by atoms with Crippen LogP contribution in [0.25, 0.3) is 11.8 Å². The van der Waals surface area contributed by atoms with Crippen molar-refractivity contribution in [1.82, 2.24) is 9.88 Å². The number of halogens is 1. The number of thioether (sulfide) groups is 1. The molecule has 3 aromatic carbocycles. The summed E-state index contributed by atoms with van der Waals surface area (Å²) in [5, 5.41) is 3.43. The lowest BCUT2D eigenvalue weighted by molar-refractivity contribution is -0.115. The van der Waals surface area contributed by atoms with Gasteiger partial charge in [0.1, 0.15) is 18.1 Å². The monoisotopic (exact) mass is 601 g/mol. The van der Waals surface area contributed by atoms with Gasteiger partial charge in [0.2, 0.25) is 0 Å². The number of aromatic nitrogens is 1. The molecule has 1 fully saturated rings. The molecule has 1 aromatic heterocycles. The summed E-state index contributed by atoms with van der Waals surface area (Å²) in [4.78, 5) is 17.9. The number of aryl methyl sites for hydroxylation is 1. The minimum absolute atomic E-state index is 0.151. The van der Waals surface area contributed by atoms with Crippen molar-refractivity contribution in [3.8, 4) is 17.2 Å². The van der Waals surface area contributed by atoms with E-state index in [1.165, 1.54) is 11.8 Å². The van der Waals surface area contributed by atoms with E-state index in [9.17, 15) is 4.79 Å². The summed E-state index contributed by atoms with van der Waals surface area (Å²) in [7, 11) is 0. The molecule has 8 heteroatoms. The highest BCUT2D eigenvalue weighted by molar-refractivity contribution is 9.10. The molecule has 6 nitrogen and oxygen atoms in total. The molecule has 198 valence electrons. The van der Waals surface area contributed by atoms with Crippen molar-refractivity contribution in [2.75, 3.05) is 6.61 Å². The van der Waals surface area contributed by atoms with Gasteiger partial charge in [0.15, 0.2) is 5.17 Å². The van der Waals surface area contributed by atoms with E-state index in [1.54, 1.807) is 0 Å². The summed E-state index contributed by atoms with van der Waals surface area (Å²) in [6.07, 6.45) is 1.93. The Morgan fingerprint density at radius 1 is 0.949 bits per heavy atom. The molecule has 1 amide bonds. The molecule has 1 aliphatic heterocycles. The van der Waals surface area contributed by atoms with E-state index in [4.69, 9.17) is 9.47 Å². The third-order valence-electron chi connectivity index (χ3n) is 6.20. The van der Waals surface area contributed by atoms with Crippen LogP contribution in [0.15, 0.2) is 93.2 Å². The standard InChI is InChI=1S/C31H28BrN3O3S/c1-4-37-27-13-9-25(10-14-27)33-31-34-30(36)29(39-31)18-23-17-20(2)35(21(23)3)26-11-15-28(16-12-26)38-19-22-5-7-24(32)8-6-22/h5-18H,4,19H2,1-3H3,(H,33,34,36)/b29-18-. The number of ether oxygens (including phenoxy) is 2. The van der Waals surface area contributed by atoms with Crippen LogP contribution in [-0.2, 0) is 11.4 Å². The third kappa shape index (κ3) is 6.46. The number of amides is 1. The maximum Gasteiger partial charge on any atom is 0.264 e. The largest absolute Gasteiger partial charge is 0.494 e. The quantitative estimate of drug-likeness (QED) is 0.210. The molecule has 1 N–H and O–H groups in total. The highest BCUT2D eigenvalue weighted by Crippen LogP contribution is 2.31. The number of aliphatic imine (C=N–C) groups is 1. The first kappa shape index (κ1) is 26.8. The van der Waals surface area contributed by atoms with Crippen LogP contribution in [0, 0.1) is 13.8 Å². The lowest BCUT2D eigenvalue weighted by Gasteiger charge is -2.11. The van der Waals surface area contributed by atoms with E-state index in [0.29, 0.717) is 23.3 Å². The number of amidine groups is 1. The number of nitrogens with one attached hydrogen (secondary N) is 1. The minimum atomic E-state index is -0.151. The fourth-order valence-corrected chi connectivity index (χ4v) is 5.39. The summed E-state index contributed by atoms with van der Waals surface area (Å²) in [6, 6.07) is 25.7. The summed E-state index contributed by atoms with van der Waals surface area (Å²) < 4.78 is 14.7. The van der Waals surface area contributed by atoms with Crippen LogP contribution in [0.1, 0.15) is 29.4 Å². The van der Waals surface area contributed by atoms with E-state index in [-0.39, 0.29) is 5.91 Å². The number of nitrogens with zero attached hydrogens (tertiary/aromatic N) is 2. The van der Waals surface area contributed by atoms with E-state index in [1.807, 2.05) is 85.8 Å². The molecule has 0 bridgehead atoms. The van der Waals surface area contributed by atoms with E-state index in [0.717, 1.165) is 49.9 Å². The van der Waals surface area contributed by atoms with Crippen molar-refractivity contribution < 1.29 is 14.3 Å². The molecule has 4 aromatic rings. The Morgan fingerprint density at radius 3 is 2.31 bits per heavy atom. The molecule has 0 unspecified atom stereocenters. The second-order valence-corrected chi connectivity index (χ2v) is 10.9. The molecule has 1 aliphatic rings. The number of benzene rings is 3. The van der Waals surface area contributed by atoms with Crippen molar-refractivity contribution in [1.29, 1.82) is 0 Å². The molecule has 0 saturated carbocycles. The molecule has 39 heavy (non-hydrogen) atoms. The first-order valence-corrected chi connectivity index (χ1v) is 14.2. The molecular formula is C31H28BrN3O3S. The maximum absolute atomic E-state index is 12.7. The van der Waals surface area contributed by atoms with Crippen LogP contribution in [0.5, 0.6) is 11.5 Å². The second-order valence-electron chi connectivity index (χ2n) is 8.98. The number of rotatable bonds is 8. The van der Waals surface area contributed by atoms with Crippen LogP contribution in [0.2, 0.25) is 0 Å². The number of carbonyl (C=O) groups excluding carboxylic acids is 1. The van der Waals surface area contributed by atoms with Gasteiger partial charge in [-0.05, 0) is 116 Å². The fraction of sp³-hybridized carbons (Fsp3) is 0.161. The van der Waals surface area contributed by atoms with Gasteiger partial charge in [0, 0.05) is 21.5 Å². The number of hydrogen-bond acceptors (Lipinski definition) is 5. The van der Waals surface area contributed by atoms with Crippen molar-refractivity contribution >= 4 is 50.5 Å². The Bertz CT molecular complexity index is 1540. The number of hydrogen-bond donors (Lipinski definition) is 1. The normalized spacial score (nSPS) is 15.1. The van der Waals surface area contributed by atoms with Crippen LogP contribution < -0.4 is 14.8 Å². The zero-order valence-corrected chi connectivity index (χ0v) is 24.3. The van der Waals surface area contributed by atoms with Gasteiger partial charge in [-0.3, -0.25) is 4.79 Å². The summed E-state index contributed by atoms with van der Waals surface area (Å²) in [5.41, 5.74) is 6.02. The van der Waals surface area contributed by atoms with Gasteiger partial charge >= 0.3 is 0 Å².